The number of nitrogens with one attached hydrogen (secondary N) is 3. The molecule has 0 bridgehead atoms. The Morgan fingerprint density at radius 2 is 1.91 bits per heavy atom. The number of quaternary nitrogens is 1. The van der Waals surface area contributed by atoms with Crippen LogP contribution in [0.4, 0.5) is 5.69 Å². The van der Waals surface area contributed by atoms with Crippen LogP contribution in [0.15, 0.2) is 24.3 Å². The lowest BCUT2D eigenvalue weighted by Crippen LogP contribution is -3.15. The predicted octanol–water partition coefficient (Wildman–Crippen LogP) is -1.27. The number of carbonyl (C=O) groups is 3. The molecule has 0 atom stereocenters. The van der Waals surface area contributed by atoms with Gasteiger partial charge in [-0.05, 0) is 18.2 Å². The number of hydrogen-bond donors (Lipinski definition) is 3. The summed E-state index contributed by atoms with van der Waals surface area (Å²) in [4.78, 5) is 38.0. The van der Waals surface area contributed by atoms with Crippen LogP contribution in [0.1, 0.15) is 17.3 Å². The quantitative estimate of drug-likeness (QED) is 0.647. The molecule has 0 aliphatic carbocycles. The largest absolute Gasteiger partial charge is 0.355 e. The second-order valence-corrected chi connectivity index (χ2v) is 5.64. The van der Waals surface area contributed by atoms with Gasteiger partial charge in [0.25, 0.3) is 11.8 Å². The van der Waals surface area contributed by atoms with E-state index in [2.05, 4.69) is 10.6 Å². The number of nitrogens with zero attached hydrogens (tertiary/aromatic N) is 1. The number of rotatable bonds is 4. The Labute approximate surface area is 135 Å². The van der Waals surface area contributed by atoms with Crippen molar-refractivity contribution in [1.82, 2.24) is 10.2 Å². The highest BCUT2D eigenvalue weighted by molar-refractivity contribution is 5.97. The van der Waals surface area contributed by atoms with Gasteiger partial charge in [0.05, 0.1) is 26.2 Å². The SMILES string of the molecule is CNC(=O)c1cccc(NC(=O)C[NH+]2CCN(C(C)=O)CC2)c1. The molecule has 0 spiro atoms. The number of amides is 3. The first-order chi connectivity index (χ1) is 11.0. The lowest BCUT2D eigenvalue weighted by atomic mass is 10.2. The van der Waals surface area contributed by atoms with Crippen LogP contribution >= 0.6 is 0 Å². The molecule has 1 aliphatic rings. The average molecular weight is 319 g/mol. The third-order valence-corrected chi connectivity index (χ3v) is 3.96. The fourth-order valence-corrected chi connectivity index (χ4v) is 2.63. The number of hydrogen-bond acceptors (Lipinski definition) is 3. The minimum atomic E-state index is -0.188. The second kappa shape index (κ2) is 7.73. The summed E-state index contributed by atoms with van der Waals surface area (Å²) in [5.41, 5.74) is 1.12. The first kappa shape index (κ1) is 17.0. The Balaban J connectivity index is 1.86. The molecular weight excluding hydrogens is 296 g/mol. The highest BCUT2D eigenvalue weighted by Crippen LogP contribution is 2.10. The van der Waals surface area contributed by atoms with E-state index in [4.69, 9.17) is 0 Å². The van der Waals surface area contributed by atoms with Crippen molar-refractivity contribution in [2.24, 2.45) is 0 Å². The van der Waals surface area contributed by atoms with Crippen LogP contribution in [0, 0.1) is 0 Å². The van der Waals surface area contributed by atoms with E-state index in [1.54, 1.807) is 43.1 Å². The highest BCUT2D eigenvalue weighted by Gasteiger charge is 2.23. The van der Waals surface area contributed by atoms with Gasteiger partial charge in [0.15, 0.2) is 6.54 Å². The zero-order chi connectivity index (χ0) is 16.8. The van der Waals surface area contributed by atoms with Crippen molar-refractivity contribution in [2.75, 3.05) is 45.1 Å². The molecule has 23 heavy (non-hydrogen) atoms. The van der Waals surface area contributed by atoms with Gasteiger partial charge < -0.3 is 20.4 Å². The van der Waals surface area contributed by atoms with Crippen LogP contribution in [0.3, 0.4) is 0 Å². The Kier molecular flexibility index (Phi) is 5.70. The molecule has 1 fully saturated rings. The first-order valence-corrected chi connectivity index (χ1v) is 7.70. The topological polar surface area (TPSA) is 82.9 Å². The van der Waals surface area contributed by atoms with Gasteiger partial charge in [-0.3, -0.25) is 14.4 Å². The van der Waals surface area contributed by atoms with E-state index in [1.165, 1.54) is 0 Å². The highest BCUT2D eigenvalue weighted by atomic mass is 16.2. The Morgan fingerprint density at radius 1 is 1.22 bits per heavy atom. The van der Waals surface area contributed by atoms with Crippen LogP contribution in [0.25, 0.3) is 0 Å². The molecule has 0 unspecified atom stereocenters. The standard InChI is InChI=1S/C16H22N4O3/c1-12(21)20-8-6-19(7-9-20)11-15(22)18-14-5-3-4-13(10-14)16(23)17-2/h3-5,10H,6-9,11H2,1-2H3,(H,17,23)(H,18,22)/p+1. The van der Waals surface area contributed by atoms with Gasteiger partial charge in [-0.25, -0.2) is 0 Å². The summed E-state index contributed by atoms with van der Waals surface area (Å²) in [7, 11) is 1.57. The lowest BCUT2D eigenvalue weighted by Gasteiger charge is -2.31. The zero-order valence-electron chi connectivity index (χ0n) is 13.5. The maximum absolute atomic E-state index is 12.1. The molecule has 7 heteroatoms. The van der Waals surface area contributed by atoms with Gasteiger partial charge in [0.1, 0.15) is 0 Å². The molecule has 1 aliphatic heterocycles. The van der Waals surface area contributed by atoms with E-state index in [1.807, 2.05) is 0 Å². The third kappa shape index (κ3) is 4.79. The molecular formula is C16H23N4O3+. The van der Waals surface area contributed by atoms with Crippen LogP contribution in [0.2, 0.25) is 0 Å². The summed E-state index contributed by atoms with van der Waals surface area (Å²) in [5, 5.41) is 5.38. The number of carbonyl (C=O) groups excluding carboxylic acids is 3. The maximum Gasteiger partial charge on any atom is 0.279 e. The maximum atomic E-state index is 12.1. The van der Waals surface area contributed by atoms with Crippen molar-refractivity contribution in [1.29, 1.82) is 0 Å². The van der Waals surface area contributed by atoms with Crippen LogP contribution in [-0.2, 0) is 9.59 Å². The second-order valence-electron chi connectivity index (χ2n) is 5.64. The summed E-state index contributed by atoms with van der Waals surface area (Å²) in [6.45, 7) is 4.83. The summed E-state index contributed by atoms with van der Waals surface area (Å²) < 4.78 is 0. The Hall–Kier alpha value is -2.41. The van der Waals surface area contributed by atoms with Gasteiger partial charge in [-0.15, -0.1) is 0 Å². The van der Waals surface area contributed by atoms with E-state index in [-0.39, 0.29) is 17.7 Å². The first-order valence-electron chi connectivity index (χ1n) is 7.70. The van der Waals surface area contributed by atoms with E-state index in [0.717, 1.165) is 18.0 Å². The molecule has 1 aromatic rings. The summed E-state index contributed by atoms with van der Waals surface area (Å²) in [5.74, 6) is -0.197. The zero-order valence-corrected chi connectivity index (χ0v) is 13.5. The third-order valence-electron chi connectivity index (χ3n) is 3.96. The molecule has 3 N–H and O–H groups in total. The van der Waals surface area contributed by atoms with E-state index < -0.39 is 0 Å². The molecule has 2 rings (SSSR count). The molecule has 0 aromatic heterocycles. The Bertz CT molecular complexity index is 595. The van der Waals surface area contributed by atoms with Crippen LogP contribution < -0.4 is 15.5 Å². The molecule has 1 aromatic carbocycles. The van der Waals surface area contributed by atoms with Gasteiger partial charge >= 0.3 is 0 Å². The van der Waals surface area contributed by atoms with Crippen molar-refractivity contribution >= 4 is 23.4 Å². The molecule has 1 saturated heterocycles. The molecule has 0 saturated carbocycles. The minimum absolute atomic E-state index is 0.0829. The normalized spacial score (nSPS) is 15.1. The predicted molar refractivity (Wildman–Crippen MR) is 86.3 cm³/mol. The number of anilines is 1. The summed E-state index contributed by atoms with van der Waals surface area (Å²) >= 11 is 0. The van der Waals surface area contributed by atoms with Crippen molar-refractivity contribution in [2.45, 2.75) is 6.92 Å². The fourth-order valence-electron chi connectivity index (χ4n) is 2.63. The average Bonchev–Trinajstić information content (AvgIpc) is 2.54. The number of benzene rings is 1. The summed E-state index contributed by atoms with van der Waals surface area (Å²) in [6.07, 6.45) is 0. The van der Waals surface area contributed by atoms with Crippen molar-refractivity contribution in [3.8, 4) is 0 Å². The molecule has 7 nitrogen and oxygen atoms in total. The van der Waals surface area contributed by atoms with Gasteiger partial charge in [0.2, 0.25) is 5.91 Å². The minimum Gasteiger partial charge on any atom is -0.355 e. The van der Waals surface area contributed by atoms with Crippen LogP contribution in [0.5, 0.6) is 0 Å². The van der Waals surface area contributed by atoms with E-state index in [9.17, 15) is 14.4 Å². The monoisotopic (exact) mass is 319 g/mol. The Morgan fingerprint density at radius 3 is 2.52 bits per heavy atom. The summed E-state index contributed by atoms with van der Waals surface area (Å²) in [6, 6.07) is 6.84. The fraction of sp³-hybridized carbons (Fsp3) is 0.438. The smallest absolute Gasteiger partial charge is 0.279 e. The molecule has 0 radical (unpaired) electrons. The van der Waals surface area contributed by atoms with Crippen LogP contribution in [-0.4, -0.2) is 62.4 Å². The molecule has 124 valence electrons. The van der Waals surface area contributed by atoms with E-state index in [0.29, 0.717) is 30.9 Å². The van der Waals surface area contributed by atoms with Crippen molar-refractivity contribution < 1.29 is 19.3 Å². The van der Waals surface area contributed by atoms with Gasteiger partial charge in [-0.2, -0.15) is 0 Å². The van der Waals surface area contributed by atoms with E-state index >= 15 is 0 Å². The van der Waals surface area contributed by atoms with Crippen molar-refractivity contribution in [3.63, 3.8) is 0 Å². The molecule has 3 amide bonds. The van der Waals surface area contributed by atoms with Crippen molar-refractivity contribution in [3.05, 3.63) is 29.8 Å². The van der Waals surface area contributed by atoms with Gasteiger partial charge in [0, 0.05) is 25.2 Å². The lowest BCUT2D eigenvalue weighted by molar-refractivity contribution is -0.895. The van der Waals surface area contributed by atoms with Gasteiger partial charge in [-0.1, -0.05) is 6.07 Å². The molecule has 1 heterocycles. The number of piperazine rings is 1.